The summed E-state index contributed by atoms with van der Waals surface area (Å²) in [5.41, 5.74) is 4.31. The maximum atomic E-state index is 13.1. The zero-order chi connectivity index (χ0) is 27.1. The molecule has 1 aliphatic heterocycles. The van der Waals surface area contributed by atoms with E-state index in [4.69, 9.17) is 23.7 Å². The predicted molar refractivity (Wildman–Crippen MR) is 146 cm³/mol. The predicted octanol–water partition coefficient (Wildman–Crippen LogP) is 4.19. The summed E-state index contributed by atoms with van der Waals surface area (Å²) in [4.78, 5) is 15.3. The molecule has 202 valence electrons. The topological polar surface area (TPSA) is 78.5 Å². The third-order valence-corrected chi connectivity index (χ3v) is 7.01. The van der Waals surface area contributed by atoms with E-state index < -0.39 is 0 Å². The van der Waals surface area contributed by atoms with Crippen LogP contribution in [0.2, 0.25) is 0 Å². The molecule has 1 aliphatic rings. The summed E-state index contributed by atoms with van der Waals surface area (Å²) in [6.45, 7) is 1.45. The Bertz CT molecular complexity index is 1240. The lowest BCUT2D eigenvalue weighted by Gasteiger charge is -2.37. The van der Waals surface area contributed by atoms with E-state index in [2.05, 4.69) is 10.2 Å². The van der Waals surface area contributed by atoms with Crippen LogP contribution in [0.1, 0.15) is 28.3 Å². The van der Waals surface area contributed by atoms with Crippen LogP contribution in [-0.2, 0) is 24.2 Å². The average molecular weight is 521 g/mol. The van der Waals surface area contributed by atoms with Gasteiger partial charge in [-0.2, -0.15) is 0 Å². The minimum Gasteiger partial charge on any atom is -0.497 e. The maximum absolute atomic E-state index is 13.1. The first-order valence-electron chi connectivity index (χ1n) is 12.6. The molecule has 0 bridgehead atoms. The highest BCUT2D eigenvalue weighted by atomic mass is 16.5. The molecule has 0 spiro atoms. The van der Waals surface area contributed by atoms with Gasteiger partial charge in [-0.1, -0.05) is 12.1 Å². The molecule has 1 unspecified atom stereocenters. The molecule has 3 aromatic rings. The van der Waals surface area contributed by atoms with Crippen LogP contribution in [0.15, 0.2) is 54.6 Å². The van der Waals surface area contributed by atoms with Gasteiger partial charge in [0.1, 0.15) is 17.2 Å². The van der Waals surface area contributed by atoms with Crippen LogP contribution in [-0.4, -0.2) is 59.4 Å². The van der Waals surface area contributed by atoms with E-state index in [-0.39, 0.29) is 18.5 Å². The Hall–Kier alpha value is -3.91. The van der Waals surface area contributed by atoms with Gasteiger partial charge in [-0.3, -0.25) is 9.69 Å². The number of fused-ring (bicyclic) bond motifs is 1. The third-order valence-electron chi connectivity index (χ3n) is 7.01. The molecule has 4 rings (SSSR count). The zero-order valence-corrected chi connectivity index (χ0v) is 22.7. The number of carbonyl (C=O) groups excluding carboxylic acids is 1. The Morgan fingerprint density at radius 2 is 1.47 bits per heavy atom. The van der Waals surface area contributed by atoms with Crippen molar-refractivity contribution in [1.82, 2.24) is 10.2 Å². The molecule has 38 heavy (non-hydrogen) atoms. The standard InChI is InChI=1S/C30H36N2O6/c1-34-23-8-6-20(7-9-23)18-31-30(33)19-32-13-12-21-16-28(37-4)29(38-5)17-25(21)26(32)15-22-14-24(35-2)10-11-27(22)36-3/h6-11,14,16-17,26H,12-13,15,18-19H2,1-5H3,(H,31,33). The maximum Gasteiger partial charge on any atom is 0.234 e. The fourth-order valence-electron chi connectivity index (χ4n) is 4.94. The van der Waals surface area contributed by atoms with Crippen molar-refractivity contribution in [2.45, 2.75) is 25.4 Å². The van der Waals surface area contributed by atoms with Gasteiger partial charge in [0.05, 0.1) is 42.1 Å². The number of nitrogens with zero attached hydrogens (tertiary/aromatic N) is 1. The van der Waals surface area contributed by atoms with Crippen LogP contribution >= 0.6 is 0 Å². The summed E-state index contributed by atoms with van der Waals surface area (Å²) >= 11 is 0. The number of rotatable bonds is 11. The Labute approximate surface area is 224 Å². The first-order valence-corrected chi connectivity index (χ1v) is 12.6. The monoisotopic (exact) mass is 520 g/mol. The van der Waals surface area contributed by atoms with Crippen molar-refractivity contribution in [3.8, 4) is 28.7 Å². The lowest BCUT2D eigenvalue weighted by molar-refractivity contribution is -0.123. The number of benzene rings is 3. The molecule has 0 saturated carbocycles. The largest absolute Gasteiger partial charge is 0.497 e. The molecule has 0 aromatic heterocycles. The van der Waals surface area contributed by atoms with Gasteiger partial charge >= 0.3 is 0 Å². The molecular weight excluding hydrogens is 484 g/mol. The number of ether oxygens (including phenoxy) is 5. The van der Waals surface area contributed by atoms with Crippen LogP contribution in [0.3, 0.4) is 0 Å². The number of hydrogen-bond acceptors (Lipinski definition) is 7. The van der Waals surface area contributed by atoms with Crippen molar-refractivity contribution in [3.63, 3.8) is 0 Å². The summed E-state index contributed by atoms with van der Waals surface area (Å²) in [6, 6.07) is 17.5. The highest BCUT2D eigenvalue weighted by Gasteiger charge is 2.31. The minimum atomic E-state index is -0.0775. The fraction of sp³-hybridized carbons (Fsp3) is 0.367. The number of amides is 1. The minimum absolute atomic E-state index is 0.0349. The van der Waals surface area contributed by atoms with E-state index in [1.54, 1.807) is 35.5 Å². The molecule has 3 aromatic carbocycles. The molecule has 0 aliphatic carbocycles. The van der Waals surface area contributed by atoms with E-state index in [1.807, 2.05) is 54.6 Å². The second kappa shape index (κ2) is 12.6. The quantitative estimate of drug-likeness (QED) is 0.406. The second-order valence-corrected chi connectivity index (χ2v) is 9.15. The van der Waals surface area contributed by atoms with Gasteiger partial charge in [-0.05, 0) is 77.6 Å². The number of hydrogen-bond donors (Lipinski definition) is 1. The van der Waals surface area contributed by atoms with Gasteiger partial charge in [0.15, 0.2) is 11.5 Å². The smallest absolute Gasteiger partial charge is 0.234 e. The van der Waals surface area contributed by atoms with Gasteiger partial charge in [-0.25, -0.2) is 0 Å². The summed E-state index contributed by atoms with van der Waals surface area (Å²) in [6.07, 6.45) is 1.43. The highest BCUT2D eigenvalue weighted by molar-refractivity contribution is 5.78. The molecule has 1 heterocycles. The summed E-state index contributed by atoms with van der Waals surface area (Å²) in [5.74, 6) is 3.66. The molecule has 8 heteroatoms. The van der Waals surface area contributed by atoms with Gasteiger partial charge in [0.2, 0.25) is 5.91 Å². The number of methoxy groups -OCH3 is 5. The highest BCUT2D eigenvalue weighted by Crippen LogP contribution is 2.40. The molecule has 0 saturated heterocycles. The Morgan fingerprint density at radius 3 is 2.13 bits per heavy atom. The number of carbonyl (C=O) groups is 1. The third kappa shape index (κ3) is 6.14. The van der Waals surface area contributed by atoms with Crippen LogP contribution in [0.4, 0.5) is 0 Å². The molecule has 1 N–H and O–H groups in total. The van der Waals surface area contributed by atoms with Gasteiger partial charge in [0, 0.05) is 19.1 Å². The van der Waals surface area contributed by atoms with E-state index in [9.17, 15) is 4.79 Å². The number of nitrogens with one attached hydrogen (secondary N) is 1. The molecule has 0 radical (unpaired) electrons. The Morgan fingerprint density at radius 1 is 0.816 bits per heavy atom. The van der Waals surface area contributed by atoms with Gasteiger partial charge < -0.3 is 29.0 Å². The average Bonchev–Trinajstić information content (AvgIpc) is 2.96. The van der Waals surface area contributed by atoms with Crippen molar-refractivity contribution in [1.29, 1.82) is 0 Å². The summed E-state index contributed by atoms with van der Waals surface area (Å²) < 4.78 is 27.6. The fourth-order valence-corrected chi connectivity index (χ4v) is 4.94. The normalized spacial score (nSPS) is 14.8. The Balaban J connectivity index is 1.60. The van der Waals surface area contributed by atoms with Crippen molar-refractivity contribution >= 4 is 5.91 Å². The lowest BCUT2D eigenvalue weighted by atomic mass is 9.87. The van der Waals surface area contributed by atoms with Gasteiger partial charge in [0.25, 0.3) is 0 Å². The van der Waals surface area contributed by atoms with E-state index in [0.29, 0.717) is 24.5 Å². The van der Waals surface area contributed by atoms with E-state index in [1.165, 1.54) is 5.56 Å². The summed E-state index contributed by atoms with van der Waals surface area (Å²) in [5, 5.41) is 3.06. The SMILES string of the molecule is COc1ccc(CNC(=O)CN2CCc3cc(OC)c(OC)cc3C2Cc2cc(OC)ccc2OC)cc1. The summed E-state index contributed by atoms with van der Waals surface area (Å²) in [7, 11) is 8.23. The van der Waals surface area contributed by atoms with Crippen molar-refractivity contribution in [2.24, 2.45) is 0 Å². The van der Waals surface area contributed by atoms with Crippen LogP contribution in [0.5, 0.6) is 28.7 Å². The van der Waals surface area contributed by atoms with Gasteiger partial charge in [-0.15, -0.1) is 0 Å². The van der Waals surface area contributed by atoms with E-state index in [0.717, 1.165) is 46.9 Å². The molecule has 1 amide bonds. The van der Waals surface area contributed by atoms with Crippen LogP contribution in [0, 0.1) is 0 Å². The molecule has 8 nitrogen and oxygen atoms in total. The molecule has 0 fully saturated rings. The van der Waals surface area contributed by atoms with E-state index >= 15 is 0 Å². The van der Waals surface area contributed by atoms with Crippen molar-refractivity contribution in [3.05, 3.63) is 76.9 Å². The van der Waals surface area contributed by atoms with Crippen molar-refractivity contribution < 1.29 is 28.5 Å². The second-order valence-electron chi connectivity index (χ2n) is 9.15. The molecule has 1 atom stereocenters. The first kappa shape index (κ1) is 27.1. The zero-order valence-electron chi connectivity index (χ0n) is 22.7. The first-order chi connectivity index (χ1) is 18.5. The van der Waals surface area contributed by atoms with Crippen molar-refractivity contribution in [2.75, 3.05) is 48.6 Å². The van der Waals surface area contributed by atoms with Crippen LogP contribution in [0.25, 0.3) is 0 Å². The lowest BCUT2D eigenvalue weighted by Crippen LogP contribution is -2.43. The van der Waals surface area contributed by atoms with Crippen LogP contribution < -0.4 is 29.0 Å². The Kier molecular flexibility index (Phi) is 8.97. The molecular formula is C30H36N2O6.